The second-order valence-electron chi connectivity index (χ2n) is 7.27. The highest BCUT2D eigenvalue weighted by molar-refractivity contribution is 7.70. The molecule has 0 aliphatic heterocycles. The molecule has 6 nitrogen and oxygen atoms in total. The fourth-order valence-corrected chi connectivity index (χ4v) is 12.8. The van der Waals surface area contributed by atoms with Gasteiger partial charge in [0.1, 0.15) is 0 Å². The molecule has 0 spiro atoms. The molecule has 0 atom stereocenters. The molecule has 4 heterocycles. The van der Waals surface area contributed by atoms with Crippen molar-refractivity contribution in [3.05, 3.63) is 47.2 Å². The van der Waals surface area contributed by atoms with Crippen LogP contribution in [0.25, 0.3) is 29.3 Å². The molecule has 4 aromatic heterocycles. The number of rotatable bonds is 13. The van der Waals surface area contributed by atoms with Gasteiger partial charge in [0, 0.05) is 29.8 Å². The highest BCUT2D eigenvalue weighted by Crippen LogP contribution is 2.56. The van der Waals surface area contributed by atoms with E-state index in [0.717, 1.165) is 14.6 Å². The predicted molar refractivity (Wildman–Crippen MR) is 155 cm³/mol. The van der Waals surface area contributed by atoms with E-state index < -0.39 is 15.2 Å². The van der Waals surface area contributed by atoms with Crippen molar-refractivity contribution in [3.8, 4) is 29.3 Å². The molecule has 0 aromatic carbocycles. The second kappa shape index (κ2) is 12.3. The Balaban J connectivity index is 1.82. The van der Waals surface area contributed by atoms with E-state index in [-0.39, 0.29) is 37.0 Å². The van der Waals surface area contributed by atoms with Crippen LogP contribution >= 0.6 is 60.5 Å². The number of hydrogen-bond donors (Lipinski definition) is 0. The van der Waals surface area contributed by atoms with Crippen molar-refractivity contribution in [2.75, 3.05) is 26.4 Å². The summed E-state index contributed by atoms with van der Waals surface area (Å²) in [6, 6.07) is 12.5. The van der Waals surface area contributed by atoms with Gasteiger partial charge in [-0.3, -0.25) is 9.13 Å². The van der Waals surface area contributed by atoms with Crippen LogP contribution in [0, 0.1) is 0 Å². The third kappa shape index (κ3) is 5.74. The molecule has 4 rings (SSSR count). The molecular formula is C24H28O6P2S4. The Bertz CT molecular complexity index is 1350. The summed E-state index contributed by atoms with van der Waals surface area (Å²) in [6.45, 7) is 7.74. The summed E-state index contributed by atoms with van der Waals surface area (Å²) in [5.41, 5.74) is 0. The zero-order valence-electron chi connectivity index (χ0n) is 20.4. The first-order valence-electron chi connectivity index (χ1n) is 11.5. The molecule has 4 aromatic rings. The van der Waals surface area contributed by atoms with Gasteiger partial charge in [0.15, 0.2) is 0 Å². The minimum Gasteiger partial charge on any atom is -0.305 e. The van der Waals surface area contributed by atoms with Gasteiger partial charge in [-0.2, -0.15) is 0 Å². The van der Waals surface area contributed by atoms with E-state index >= 15 is 0 Å². The van der Waals surface area contributed by atoms with Crippen molar-refractivity contribution < 1.29 is 27.2 Å². The Morgan fingerprint density at radius 1 is 0.639 bits per heavy atom. The van der Waals surface area contributed by atoms with Gasteiger partial charge < -0.3 is 18.1 Å². The normalized spacial score (nSPS) is 12.4. The van der Waals surface area contributed by atoms with E-state index in [9.17, 15) is 9.13 Å². The molecule has 36 heavy (non-hydrogen) atoms. The molecule has 0 fully saturated rings. The molecule has 12 heteroatoms. The summed E-state index contributed by atoms with van der Waals surface area (Å²) in [7, 11) is -7.55. The van der Waals surface area contributed by atoms with Crippen molar-refractivity contribution in [2.45, 2.75) is 27.7 Å². The van der Waals surface area contributed by atoms with Crippen molar-refractivity contribution in [2.24, 2.45) is 0 Å². The monoisotopic (exact) mass is 602 g/mol. The summed E-state index contributed by atoms with van der Waals surface area (Å²) >= 11 is 6.39. The lowest BCUT2D eigenvalue weighted by atomic mass is 10.3. The van der Waals surface area contributed by atoms with Gasteiger partial charge >= 0.3 is 15.2 Å². The minimum atomic E-state index is -3.81. The first-order chi connectivity index (χ1) is 17.4. The Morgan fingerprint density at radius 2 is 1.14 bits per heavy atom. The van der Waals surface area contributed by atoms with E-state index in [1.165, 1.54) is 21.1 Å². The van der Waals surface area contributed by atoms with Crippen LogP contribution in [-0.2, 0) is 27.2 Å². The van der Waals surface area contributed by atoms with Crippen molar-refractivity contribution in [1.82, 2.24) is 0 Å². The zero-order chi connectivity index (χ0) is 25.8. The van der Waals surface area contributed by atoms with Gasteiger partial charge in [0.25, 0.3) is 0 Å². The largest absolute Gasteiger partial charge is 0.363 e. The SMILES string of the molecule is CCOP(=O)(OCC)c1csc(-c2ccc(-c3ccc(-c4cccs4)s3)s2)c1P(=O)(OCC)OCC. The van der Waals surface area contributed by atoms with Crippen LogP contribution in [0.15, 0.2) is 47.2 Å². The third-order valence-corrected chi connectivity index (χ3v) is 14.4. The smallest absolute Gasteiger partial charge is 0.305 e. The minimum absolute atomic E-state index is 0.177. The molecule has 0 saturated heterocycles. The van der Waals surface area contributed by atoms with Crippen molar-refractivity contribution >= 4 is 71.1 Å². The Labute approximate surface area is 227 Å². The zero-order valence-corrected chi connectivity index (χ0v) is 25.5. The molecule has 0 amide bonds. The van der Waals surface area contributed by atoms with E-state index in [4.69, 9.17) is 18.1 Å². The number of hydrogen-bond acceptors (Lipinski definition) is 10. The predicted octanol–water partition coefficient (Wildman–Crippen LogP) is 8.72. The molecule has 0 bridgehead atoms. The summed E-state index contributed by atoms with van der Waals surface area (Å²) in [5.74, 6) is 0. The molecular weight excluding hydrogens is 574 g/mol. The summed E-state index contributed by atoms with van der Waals surface area (Å²) in [6.07, 6.45) is 0. The van der Waals surface area contributed by atoms with Gasteiger partial charge in [0.05, 0.1) is 41.9 Å². The number of thiophene rings is 4. The standard InChI is InChI=1S/C24H28O6P2S4/c1-5-27-31(25,28-6-2)17-16-34-24(23(17)32(26,29-7-3)30-8-4)22-14-13-21(36-22)20-12-11-19(35-20)18-10-9-15-33-18/h9-16H,5-8H2,1-4H3. The molecule has 0 aliphatic carbocycles. The van der Waals surface area contributed by atoms with E-state index in [0.29, 0.717) is 4.88 Å². The van der Waals surface area contributed by atoms with Crippen LogP contribution in [0.3, 0.4) is 0 Å². The Kier molecular flexibility index (Phi) is 9.61. The topological polar surface area (TPSA) is 71.1 Å². The summed E-state index contributed by atoms with van der Waals surface area (Å²) in [4.78, 5) is 6.30. The van der Waals surface area contributed by atoms with E-state index in [2.05, 4.69) is 35.7 Å². The average Bonchev–Trinajstić information content (AvgIpc) is 3.65. The van der Waals surface area contributed by atoms with Gasteiger partial charge in [-0.15, -0.1) is 45.3 Å². The van der Waals surface area contributed by atoms with Crippen molar-refractivity contribution in [3.63, 3.8) is 0 Å². The quantitative estimate of drug-likeness (QED) is 0.143. The van der Waals surface area contributed by atoms with Crippen LogP contribution in [-0.4, -0.2) is 26.4 Å². The highest BCUT2D eigenvalue weighted by Gasteiger charge is 2.42. The maximum absolute atomic E-state index is 14.1. The maximum atomic E-state index is 14.1. The van der Waals surface area contributed by atoms with Gasteiger partial charge in [0.2, 0.25) is 0 Å². The summed E-state index contributed by atoms with van der Waals surface area (Å²) in [5, 5.41) is 4.32. The first kappa shape index (κ1) is 28.1. The molecule has 0 radical (unpaired) electrons. The van der Waals surface area contributed by atoms with E-state index in [1.54, 1.807) is 67.1 Å². The fraction of sp³-hybridized carbons (Fsp3) is 0.333. The fourth-order valence-electron chi connectivity index (χ4n) is 3.61. The summed E-state index contributed by atoms with van der Waals surface area (Å²) < 4.78 is 50.6. The average molecular weight is 603 g/mol. The van der Waals surface area contributed by atoms with Crippen LogP contribution in [0.2, 0.25) is 0 Å². The van der Waals surface area contributed by atoms with Crippen molar-refractivity contribution in [1.29, 1.82) is 0 Å². The van der Waals surface area contributed by atoms with Crippen LogP contribution in [0.4, 0.5) is 0 Å². The molecule has 0 unspecified atom stereocenters. The maximum Gasteiger partial charge on any atom is 0.363 e. The van der Waals surface area contributed by atoms with Gasteiger partial charge in [-0.25, -0.2) is 0 Å². The lowest BCUT2D eigenvalue weighted by molar-refractivity contribution is 0.226. The van der Waals surface area contributed by atoms with Crippen LogP contribution in [0.1, 0.15) is 27.7 Å². The lowest BCUT2D eigenvalue weighted by Gasteiger charge is -2.22. The molecule has 0 aliphatic rings. The Hall–Kier alpha value is -0.900. The lowest BCUT2D eigenvalue weighted by Crippen LogP contribution is -2.27. The third-order valence-electron chi connectivity index (χ3n) is 4.95. The Morgan fingerprint density at radius 3 is 1.67 bits per heavy atom. The first-order valence-corrected chi connectivity index (χ1v) is 18.0. The van der Waals surface area contributed by atoms with Crippen LogP contribution in [0.5, 0.6) is 0 Å². The van der Waals surface area contributed by atoms with Gasteiger partial charge in [-0.1, -0.05) is 6.07 Å². The molecule has 0 N–H and O–H groups in total. The molecule has 0 saturated carbocycles. The second-order valence-corrected chi connectivity index (χ2v) is 15.2. The highest BCUT2D eigenvalue weighted by atomic mass is 32.1. The van der Waals surface area contributed by atoms with Crippen LogP contribution < -0.4 is 10.6 Å². The van der Waals surface area contributed by atoms with E-state index in [1.807, 2.05) is 6.07 Å². The molecule has 194 valence electrons. The van der Waals surface area contributed by atoms with Gasteiger partial charge in [-0.05, 0) is 63.4 Å².